The largest absolute Gasteiger partial charge is 0.457 e. The molecular formula is C19H14Cl2N4O3S. The lowest BCUT2D eigenvalue weighted by Crippen LogP contribution is -2.20. The van der Waals surface area contributed by atoms with Crippen molar-refractivity contribution in [1.29, 1.82) is 0 Å². The quantitative estimate of drug-likeness (QED) is 0.341. The Balaban J connectivity index is 1.54. The van der Waals surface area contributed by atoms with Crippen molar-refractivity contribution in [1.82, 2.24) is 19.2 Å². The molecule has 7 nitrogen and oxygen atoms in total. The maximum Gasteiger partial charge on any atom is 0.316 e. The number of ether oxygens (including phenoxy) is 1. The van der Waals surface area contributed by atoms with Crippen molar-refractivity contribution in [3.8, 4) is 0 Å². The minimum Gasteiger partial charge on any atom is -0.457 e. The third-order valence-electron chi connectivity index (χ3n) is 4.29. The number of aromatic nitrogens is 4. The zero-order chi connectivity index (χ0) is 20.5. The first-order valence-electron chi connectivity index (χ1n) is 8.51. The summed E-state index contributed by atoms with van der Waals surface area (Å²) >= 11 is 13.3. The van der Waals surface area contributed by atoms with E-state index in [-0.39, 0.29) is 17.9 Å². The van der Waals surface area contributed by atoms with E-state index in [0.29, 0.717) is 37.4 Å². The van der Waals surface area contributed by atoms with Crippen LogP contribution in [0.15, 0.2) is 52.2 Å². The van der Waals surface area contributed by atoms with E-state index in [2.05, 4.69) is 10.2 Å². The average molecular weight is 449 g/mol. The molecule has 0 unspecified atom stereocenters. The molecule has 2 aromatic carbocycles. The summed E-state index contributed by atoms with van der Waals surface area (Å²) in [4.78, 5) is 25.4. The van der Waals surface area contributed by atoms with Gasteiger partial charge in [0, 0.05) is 17.0 Å². The molecule has 4 rings (SSSR count). The minimum absolute atomic E-state index is 0.0655. The van der Waals surface area contributed by atoms with Crippen LogP contribution in [0.4, 0.5) is 0 Å². The van der Waals surface area contributed by atoms with E-state index in [4.69, 9.17) is 27.9 Å². The molecule has 0 N–H and O–H groups in total. The van der Waals surface area contributed by atoms with Gasteiger partial charge in [-0.3, -0.25) is 18.6 Å². The van der Waals surface area contributed by atoms with E-state index in [0.717, 1.165) is 0 Å². The molecule has 0 aliphatic heterocycles. The highest BCUT2D eigenvalue weighted by atomic mass is 35.5. The highest BCUT2D eigenvalue weighted by Gasteiger charge is 2.16. The van der Waals surface area contributed by atoms with Crippen LogP contribution in [0.1, 0.15) is 5.82 Å². The number of carbonyl (C=O) groups is 1. The van der Waals surface area contributed by atoms with Crippen LogP contribution < -0.4 is 5.56 Å². The van der Waals surface area contributed by atoms with Crippen molar-refractivity contribution in [3.05, 3.63) is 68.7 Å². The Morgan fingerprint density at radius 3 is 2.79 bits per heavy atom. The predicted octanol–water partition coefficient (Wildman–Crippen LogP) is 3.72. The number of hydrogen-bond donors (Lipinski definition) is 0. The molecule has 0 bridgehead atoms. The fourth-order valence-electron chi connectivity index (χ4n) is 2.90. The van der Waals surface area contributed by atoms with E-state index < -0.39 is 5.97 Å². The molecule has 0 amide bonds. The van der Waals surface area contributed by atoms with Crippen molar-refractivity contribution >= 4 is 57.6 Å². The van der Waals surface area contributed by atoms with Crippen LogP contribution >= 0.6 is 35.0 Å². The SMILES string of the molecule is Cn1c(=O)c2ccccc2n2c(COC(=O)CSc3cc(Cl)ccc3Cl)nnc12. The molecule has 4 aromatic rings. The number of esters is 1. The van der Waals surface area contributed by atoms with Gasteiger partial charge >= 0.3 is 5.97 Å². The number of halogens is 2. The summed E-state index contributed by atoms with van der Waals surface area (Å²) in [5, 5.41) is 9.75. The molecule has 2 heterocycles. The van der Waals surface area contributed by atoms with E-state index >= 15 is 0 Å². The van der Waals surface area contributed by atoms with E-state index in [1.807, 2.05) is 6.07 Å². The van der Waals surface area contributed by atoms with Gasteiger partial charge in [0.15, 0.2) is 12.4 Å². The van der Waals surface area contributed by atoms with Crippen molar-refractivity contribution < 1.29 is 9.53 Å². The van der Waals surface area contributed by atoms with Crippen molar-refractivity contribution in [2.75, 3.05) is 5.75 Å². The van der Waals surface area contributed by atoms with Gasteiger partial charge in [0.25, 0.3) is 5.56 Å². The zero-order valence-electron chi connectivity index (χ0n) is 15.1. The summed E-state index contributed by atoms with van der Waals surface area (Å²) in [6.07, 6.45) is 0. The Morgan fingerprint density at radius 1 is 1.17 bits per heavy atom. The summed E-state index contributed by atoms with van der Waals surface area (Å²) in [6.45, 7) is -0.0773. The normalized spacial score (nSPS) is 11.3. The maximum atomic E-state index is 12.5. The lowest BCUT2D eigenvalue weighted by atomic mass is 10.2. The Bertz CT molecular complexity index is 1300. The van der Waals surface area contributed by atoms with Crippen molar-refractivity contribution in [2.24, 2.45) is 7.05 Å². The fraction of sp³-hybridized carbons (Fsp3) is 0.158. The molecule has 29 heavy (non-hydrogen) atoms. The van der Waals surface area contributed by atoms with Crippen LogP contribution in [0.2, 0.25) is 10.0 Å². The number of aryl methyl sites for hydroxylation is 1. The predicted molar refractivity (Wildman–Crippen MR) is 113 cm³/mol. The molecule has 0 radical (unpaired) electrons. The van der Waals surface area contributed by atoms with Crippen LogP contribution in [0.25, 0.3) is 16.7 Å². The summed E-state index contributed by atoms with van der Waals surface area (Å²) in [5.41, 5.74) is 0.487. The number of thioether (sulfide) groups is 1. The van der Waals surface area contributed by atoms with Gasteiger partial charge in [-0.05, 0) is 30.3 Å². The molecular weight excluding hydrogens is 435 g/mol. The number of para-hydroxylation sites is 1. The number of benzene rings is 2. The van der Waals surface area contributed by atoms with Crippen molar-refractivity contribution in [2.45, 2.75) is 11.5 Å². The monoisotopic (exact) mass is 448 g/mol. The Morgan fingerprint density at radius 2 is 1.97 bits per heavy atom. The topological polar surface area (TPSA) is 78.5 Å². The summed E-state index contributed by atoms with van der Waals surface area (Å²) in [5.74, 6) is 0.429. The van der Waals surface area contributed by atoms with Gasteiger partial charge < -0.3 is 4.74 Å². The highest BCUT2D eigenvalue weighted by Crippen LogP contribution is 2.29. The molecule has 0 saturated heterocycles. The lowest BCUT2D eigenvalue weighted by molar-refractivity contribution is -0.141. The summed E-state index contributed by atoms with van der Waals surface area (Å²) in [7, 11) is 1.62. The first kappa shape index (κ1) is 19.8. The molecule has 0 aliphatic rings. The van der Waals surface area contributed by atoms with Gasteiger partial charge in [-0.25, -0.2) is 0 Å². The van der Waals surface area contributed by atoms with Crippen molar-refractivity contribution in [3.63, 3.8) is 0 Å². The molecule has 0 saturated carbocycles. The first-order chi connectivity index (χ1) is 14.0. The van der Waals surface area contributed by atoms with E-state index in [1.54, 1.807) is 47.8 Å². The minimum atomic E-state index is -0.433. The van der Waals surface area contributed by atoms with Crippen LogP contribution in [-0.2, 0) is 23.2 Å². The van der Waals surface area contributed by atoms with Gasteiger partial charge in [-0.1, -0.05) is 35.3 Å². The van der Waals surface area contributed by atoms with E-state index in [9.17, 15) is 9.59 Å². The Labute approximate surface area is 179 Å². The molecule has 2 aromatic heterocycles. The fourth-order valence-corrected chi connectivity index (χ4v) is 4.19. The second-order valence-corrected chi connectivity index (χ2v) is 8.02. The smallest absolute Gasteiger partial charge is 0.316 e. The summed E-state index contributed by atoms with van der Waals surface area (Å²) in [6, 6.07) is 12.2. The maximum absolute atomic E-state index is 12.5. The second-order valence-electron chi connectivity index (χ2n) is 6.16. The molecule has 0 fully saturated rings. The molecule has 148 valence electrons. The van der Waals surface area contributed by atoms with Gasteiger partial charge in [0.05, 0.1) is 21.7 Å². The number of carbonyl (C=O) groups excluding carboxylic acids is 1. The number of nitrogens with zero attached hydrogens (tertiary/aromatic N) is 4. The first-order valence-corrected chi connectivity index (χ1v) is 10.2. The van der Waals surface area contributed by atoms with Crippen LogP contribution in [-0.4, -0.2) is 30.9 Å². The Kier molecular flexibility index (Phi) is 5.49. The van der Waals surface area contributed by atoms with Crippen LogP contribution in [0.3, 0.4) is 0 Å². The summed E-state index contributed by atoms with van der Waals surface area (Å²) < 4.78 is 8.49. The van der Waals surface area contributed by atoms with Gasteiger partial charge in [0.1, 0.15) is 0 Å². The van der Waals surface area contributed by atoms with Gasteiger partial charge in [-0.15, -0.1) is 22.0 Å². The van der Waals surface area contributed by atoms with Gasteiger partial charge in [-0.2, -0.15) is 0 Å². The number of fused-ring (bicyclic) bond motifs is 3. The third kappa shape index (κ3) is 3.83. The molecule has 0 atom stereocenters. The second kappa shape index (κ2) is 8.06. The van der Waals surface area contributed by atoms with Gasteiger partial charge in [0.2, 0.25) is 5.78 Å². The number of hydrogen-bond acceptors (Lipinski definition) is 6. The van der Waals surface area contributed by atoms with E-state index in [1.165, 1.54) is 16.3 Å². The molecule has 0 aliphatic carbocycles. The third-order valence-corrected chi connectivity index (χ3v) is 6.00. The molecule has 10 heteroatoms. The zero-order valence-corrected chi connectivity index (χ0v) is 17.5. The highest BCUT2D eigenvalue weighted by molar-refractivity contribution is 8.00. The van der Waals surface area contributed by atoms with Crippen LogP contribution in [0.5, 0.6) is 0 Å². The Hall–Kier alpha value is -2.55. The standard InChI is InChI=1S/C19H14Cl2N4O3S/c1-24-18(27)12-4-2-3-5-14(12)25-16(22-23-19(24)25)9-28-17(26)10-29-15-8-11(20)6-7-13(15)21/h2-8H,9-10H2,1H3. The molecule has 0 spiro atoms. The number of rotatable bonds is 5. The lowest BCUT2D eigenvalue weighted by Gasteiger charge is -2.08. The average Bonchev–Trinajstić information content (AvgIpc) is 3.15. The van der Waals surface area contributed by atoms with Crippen LogP contribution in [0, 0.1) is 0 Å².